The van der Waals surface area contributed by atoms with Gasteiger partial charge in [0, 0.05) is 10.7 Å². The van der Waals surface area contributed by atoms with Crippen LogP contribution in [0.1, 0.15) is 12.5 Å². The number of hydrogen-bond donors (Lipinski definition) is 0. The highest BCUT2D eigenvalue weighted by atomic mass is 35.7. The number of hydrogen-bond acceptors (Lipinski definition) is 5. The predicted molar refractivity (Wildman–Crippen MR) is 62.0 cm³/mol. The van der Waals surface area contributed by atoms with Crippen molar-refractivity contribution in [3.63, 3.8) is 0 Å². The lowest BCUT2D eigenvalue weighted by Gasteiger charge is -2.08. The molecule has 0 unspecified atom stereocenters. The standard InChI is InChI=1S/C9H10ClNO5S/c1-3-16-7-4-5-8(17(10,14)15)6(2)9(7)11(12)13/h4-5H,3H2,1-2H3. The molecular weight excluding hydrogens is 270 g/mol. The van der Waals surface area contributed by atoms with Crippen LogP contribution in [-0.2, 0) is 9.05 Å². The normalized spacial score (nSPS) is 11.2. The molecule has 94 valence electrons. The number of halogens is 1. The second-order valence-electron chi connectivity index (χ2n) is 3.16. The van der Waals surface area contributed by atoms with E-state index in [0.717, 1.165) is 0 Å². The van der Waals surface area contributed by atoms with Crippen LogP contribution in [-0.4, -0.2) is 19.9 Å². The van der Waals surface area contributed by atoms with Crippen LogP contribution in [0.3, 0.4) is 0 Å². The zero-order valence-corrected chi connectivity index (χ0v) is 10.7. The molecule has 0 aliphatic heterocycles. The van der Waals surface area contributed by atoms with E-state index >= 15 is 0 Å². The molecule has 0 saturated heterocycles. The first kappa shape index (κ1) is 13.7. The summed E-state index contributed by atoms with van der Waals surface area (Å²) in [5, 5.41) is 10.9. The van der Waals surface area contributed by atoms with Crippen molar-refractivity contribution in [2.75, 3.05) is 6.61 Å². The van der Waals surface area contributed by atoms with E-state index in [1.54, 1.807) is 6.92 Å². The van der Waals surface area contributed by atoms with Gasteiger partial charge in [0.1, 0.15) is 0 Å². The number of nitrogens with zero attached hydrogens (tertiary/aromatic N) is 1. The molecular formula is C9H10ClNO5S. The minimum Gasteiger partial charge on any atom is -0.487 e. The van der Waals surface area contributed by atoms with Crippen LogP contribution in [0.15, 0.2) is 17.0 Å². The Morgan fingerprint density at radius 1 is 1.47 bits per heavy atom. The molecule has 0 N–H and O–H groups in total. The van der Waals surface area contributed by atoms with Crippen LogP contribution in [0.5, 0.6) is 5.75 Å². The van der Waals surface area contributed by atoms with Crippen LogP contribution >= 0.6 is 10.7 Å². The fraction of sp³-hybridized carbons (Fsp3) is 0.333. The van der Waals surface area contributed by atoms with Gasteiger partial charge in [-0.05, 0) is 26.0 Å². The van der Waals surface area contributed by atoms with E-state index < -0.39 is 14.0 Å². The van der Waals surface area contributed by atoms with Gasteiger partial charge >= 0.3 is 5.69 Å². The molecule has 0 aromatic heterocycles. The summed E-state index contributed by atoms with van der Waals surface area (Å²) >= 11 is 0. The molecule has 0 amide bonds. The van der Waals surface area contributed by atoms with Gasteiger partial charge in [-0.3, -0.25) is 10.1 Å². The Balaban J connectivity index is 3.55. The van der Waals surface area contributed by atoms with Gasteiger partial charge in [-0.2, -0.15) is 0 Å². The monoisotopic (exact) mass is 279 g/mol. The lowest BCUT2D eigenvalue weighted by atomic mass is 10.2. The van der Waals surface area contributed by atoms with Crippen LogP contribution in [0.4, 0.5) is 5.69 Å². The molecule has 1 aromatic carbocycles. The van der Waals surface area contributed by atoms with Crippen LogP contribution in [0.25, 0.3) is 0 Å². The lowest BCUT2D eigenvalue weighted by molar-refractivity contribution is -0.386. The summed E-state index contributed by atoms with van der Waals surface area (Å²) < 4.78 is 27.5. The summed E-state index contributed by atoms with van der Waals surface area (Å²) in [5.74, 6) is 0.0269. The van der Waals surface area contributed by atoms with Crippen LogP contribution in [0.2, 0.25) is 0 Å². The third-order valence-electron chi connectivity index (χ3n) is 2.09. The van der Waals surface area contributed by atoms with Crippen molar-refractivity contribution in [3.8, 4) is 5.75 Å². The Hall–Kier alpha value is -1.34. The number of rotatable bonds is 4. The van der Waals surface area contributed by atoms with Crippen LogP contribution < -0.4 is 4.74 Å². The van der Waals surface area contributed by atoms with E-state index in [9.17, 15) is 18.5 Å². The second kappa shape index (κ2) is 4.89. The van der Waals surface area contributed by atoms with E-state index in [1.807, 2.05) is 0 Å². The van der Waals surface area contributed by atoms with E-state index in [-0.39, 0.29) is 28.5 Å². The van der Waals surface area contributed by atoms with Crippen molar-refractivity contribution < 1.29 is 18.1 Å². The SMILES string of the molecule is CCOc1ccc(S(=O)(=O)Cl)c(C)c1[N+](=O)[O-]. The first-order chi connectivity index (χ1) is 7.79. The predicted octanol–water partition coefficient (Wildman–Crippen LogP) is 2.23. The van der Waals surface area contributed by atoms with Gasteiger partial charge in [-0.25, -0.2) is 8.42 Å². The fourth-order valence-electron chi connectivity index (χ4n) is 1.42. The molecule has 1 rings (SSSR count). The third-order valence-corrected chi connectivity index (χ3v) is 3.56. The van der Waals surface area contributed by atoms with Gasteiger partial charge in [0.05, 0.1) is 22.0 Å². The quantitative estimate of drug-likeness (QED) is 0.479. The second-order valence-corrected chi connectivity index (χ2v) is 5.70. The highest BCUT2D eigenvalue weighted by Gasteiger charge is 2.26. The van der Waals surface area contributed by atoms with E-state index in [2.05, 4.69) is 0 Å². The molecule has 0 radical (unpaired) electrons. The smallest absolute Gasteiger partial charge is 0.315 e. The van der Waals surface area contributed by atoms with Gasteiger partial charge in [0.2, 0.25) is 0 Å². The Kier molecular flexibility index (Phi) is 3.94. The average Bonchev–Trinajstić information content (AvgIpc) is 2.15. The number of nitro benzene ring substituents is 1. The van der Waals surface area contributed by atoms with Crippen molar-refractivity contribution in [2.45, 2.75) is 18.7 Å². The molecule has 0 aliphatic carbocycles. The summed E-state index contributed by atoms with van der Waals surface area (Å²) in [4.78, 5) is 9.91. The lowest BCUT2D eigenvalue weighted by Crippen LogP contribution is -2.03. The Morgan fingerprint density at radius 3 is 2.47 bits per heavy atom. The Bertz CT molecular complexity index is 555. The molecule has 0 fully saturated rings. The van der Waals surface area contributed by atoms with Crippen molar-refractivity contribution in [2.24, 2.45) is 0 Å². The maximum Gasteiger partial charge on any atom is 0.315 e. The van der Waals surface area contributed by atoms with Gasteiger partial charge in [0.25, 0.3) is 9.05 Å². The summed E-state index contributed by atoms with van der Waals surface area (Å²) in [7, 11) is 1.17. The number of ether oxygens (including phenoxy) is 1. The van der Waals surface area contributed by atoms with E-state index in [4.69, 9.17) is 15.4 Å². The third kappa shape index (κ3) is 2.86. The Labute approximate surface area is 103 Å². The van der Waals surface area contributed by atoms with Gasteiger partial charge in [0.15, 0.2) is 5.75 Å². The van der Waals surface area contributed by atoms with Crippen molar-refractivity contribution in [1.82, 2.24) is 0 Å². The molecule has 0 bridgehead atoms. The first-order valence-electron chi connectivity index (χ1n) is 4.64. The Morgan fingerprint density at radius 2 is 2.06 bits per heavy atom. The van der Waals surface area contributed by atoms with Crippen molar-refractivity contribution >= 4 is 25.4 Å². The first-order valence-corrected chi connectivity index (χ1v) is 6.95. The highest BCUT2D eigenvalue weighted by Crippen LogP contribution is 2.35. The largest absolute Gasteiger partial charge is 0.487 e. The molecule has 1 aromatic rings. The van der Waals surface area contributed by atoms with E-state index in [0.29, 0.717) is 0 Å². The van der Waals surface area contributed by atoms with Gasteiger partial charge in [-0.1, -0.05) is 0 Å². The average molecular weight is 280 g/mol. The molecule has 0 heterocycles. The summed E-state index contributed by atoms with van der Waals surface area (Å²) in [6.07, 6.45) is 0. The summed E-state index contributed by atoms with van der Waals surface area (Å²) in [6.45, 7) is 3.23. The summed E-state index contributed by atoms with van der Waals surface area (Å²) in [6, 6.07) is 2.42. The molecule has 0 aliphatic rings. The maximum atomic E-state index is 11.2. The molecule has 8 heteroatoms. The van der Waals surface area contributed by atoms with Crippen molar-refractivity contribution in [3.05, 3.63) is 27.8 Å². The fourth-order valence-corrected chi connectivity index (χ4v) is 2.61. The topological polar surface area (TPSA) is 86.5 Å². The summed E-state index contributed by atoms with van der Waals surface area (Å²) in [5.41, 5.74) is -0.412. The van der Waals surface area contributed by atoms with Crippen LogP contribution in [0, 0.1) is 17.0 Å². The highest BCUT2D eigenvalue weighted by molar-refractivity contribution is 8.13. The van der Waals surface area contributed by atoms with Gasteiger partial charge < -0.3 is 4.74 Å². The molecule has 17 heavy (non-hydrogen) atoms. The molecule has 0 spiro atoms. The molecule has 0 saturated carbocycles. The molecule has 6 nitrogen and oxygen atoms in total. The zero-order chi connectivity index (χ0) is 13.2. The number of nitro groups is 1. The zero-order valence-electron chi connectivity index (χ0n) is 9.14. The maximum absolute atomic E-state index is 11.2. The van der Waals surface area contributed by atoms with Crippen molar-refractivity contribution in [1.29, 1.82) is 0 Å². The minimum absolute atomic E-state index is 0.0269. The van der Waals surface area contributed by atoms with E-state index in [1.165, 1.54) is 19.1 Å². The minimum atomic E-state index is -4.01. The molecule has 0 atom stereocenters. The van der Waals surface area contributed by atoms with Gasteiger partial charge in [-0.15, -0.1) is 0 Å². The number of benzene rings is 1.